The van der Waals surface area contributed by atoms with Crippen molar-refractivity contribution in [3.63, 3.8) is 0 Å². The van der Waals surface area contributed by atoms with Crippen LogP contribution in [0.25, 0.3) is 0 Å². The first-order valence-corrected chi connectivity index (χ1v) is 15.1. The Morgan fingerprint density at radius 2 is 1.54 bits per heavy atom. The Bertz CT molecular complexity index is 1490. The Morgan fingerprint density at radius 3 is 2.17 bits per heavy atom. The van der Waals surface area contributed by atoms with Crippen LogP contribution in [0, 0.1) is 0 Å². The Morgan fingerprint density at radius 1 is 0.913 bits per heavy atom. The molecule has 3 rings (SSSR count). The Balaban J connectivity index is 1.90. The summed E-state index contributed by atoms with van der Waals surface area (Å²) in [4.78, 5) is 40.7. The number of nitrogens with one attached hydrogen (secondary N) is 2. The van der Waals surface area contributed by atoms with E-state index in [9.17, 15) is 32.7 Å². The number of rotatable bonds is 16. The quantitative estimate of drug-likeness (QED) is 0.181. The van der Waals surface area contributed by atoms with Gasteiger partial charge in [-0.05, 0) is 66.8 Å². The van der Waals surface area contributed by atoms with E-state index in [1.807, 2.05) is 32.0 Å². The highest BCUT2D eigenvalue weighted by atomic mass is 19.4. The minimum absolute atomic E-state index is 0.0187. The highest BCUT2D eigenvalue weighted by molar-refractivity contribution is 6.04. The zero-order valence-electron chi connectivity index (χ0n) is 26.2. The lowest BCUT2D eigenvalue weighted by Gasteiger charge is -2.26. The Kier molecular flexibility index (Phi) is 13.1. The van der Waals surface area contributed by atoms with Crippen molar-refractivity contribution in [2.24, 2.45) is 5.73 Å². The van der Waals surface area contributed by atoms with Crippen LogP contribution in [0.4, 0.5) is 13.2 Å². The van der Waals surface area contributed by atoms with Crippen molar-refractivity contribution >= 4 is 17.7 Å². The van der Waals surface area contributed by atoms with Gasteiger partial charge in [-0.1, -0.05) is 44.2 Å². The first kappa shape index (κ1) is 36.1. The summed E-state index contributed by atoms with van der Waals surface area (Å²) in [5.74, 6) is -1.30. The predicted octanol–water partition coefficient (Wildman–Crippen LogP) is 4.57. The van der Waals surface area contributed by atoms with Crippen molar-refractivity contribution in [2.75, 3.05) is 26.7 Å². The summed E-state index contributed by atoms with van der Waals surface area (Å²) < 4.78 is 45.5. The van der Waals surface area contributed by atoms with E-state index in [1.54, 1.807) is 18.1 Å². The monoisotopic (exact) mass is 642 g/mol. The van der Waals surface area contributed by atoms with Crippen LogP contribution in [0.3, 0.4) is 0 Å². The number of aliphatic hydroxyl groups excluding tert-OH is 1. The zero-order valence-corrected chi connectivity index (χ0v) is 26.2. The highest BCUT2D eigenvalue weighted by Gasteiger charge is 2.31. The molecule has 0 saturated heterocycles. The number of carbonyl (C=O) groups is 3. The number of aliphatic hydroxyl groups is 1. The lowest BCUT2D eigenvalue weighted by atomic mass is 9.98. The zero-order chi connectivity index (χ0) is 33.9. The SMILES string of the molecule is CCCN(CCC)C(=O)c1cc(C(N)=O)cc(C(=O)N[C@@H](Cc2cccc(C(F)(F)F)c2)[C@H](O)CNCc2cccc(OC)c2)c1. The van der Waals surface area contributed by atoms with Crippen LogP contribution in [0.5, 0.6) is 5.75 Å². The second-order valence-electron chi connectivity index (χ2n) is 11.0. The van der Waals surface area contributed by atoms with Gasteiger partial charge in [0.15, 0.2) is 0 Å². The number of methoxy groups -OCH3 is 1. The Hall–Kier alpha value is -4.42. The minimum atomic E-state index is -4.58. The van der Waals surface area contributed by atoms with Crippen molar-refractivity contribution < 1.29 is 37.4 Å². The van der Waals surface area contributed by atoms with Crippen molar-refractivity contribution in [1.82, 2.24) is 15.5 Å². The van der Waals surface area contributed by atoms with E-state index in [-0.39, 0.29) is 41.1 Å². The molecule has 0 saturated carbocycles. The molecule has 0 radical (unpaired) electrons. The summed E-state index contributed by atoms with van der Waals surface area (Å²) in [6.45, 7) is 5.13. The lowest BCUT2D eigenvalue weighted by Crippen LogP contribution is -2.48. The smallest absolute Gasteiger partial charge is 0.416 e. The molecule has 0 spiro atoms. The fourth-order valence-corrected chi connectivity index (χ4v) is 5.01. The molecular weight excluding hydrogens is 601 g/mol. The van der Waals surface area contributed by atoms with Crippen molar-refractivity contribution in [2.45, 2.75) is 58.0 Å². The number of amides is 3. The predicted molar refractivity (Wildman–Crippen MR) is 169 cm³/mol. The number of ether oxygens (including phenoxy) is 1. The van der Waals surface area contributed by atoms with Crippen molar-refractivity contribution in [3.05, 3.63) is 100 Å². The molecule has 248 valence electrons. The number of nitrogens with zero attached hydrogens (tertiary/aromatic N) is 1. The second kappa shape index (κ2) is 16.8. The number of halogens is 3. The van der Waals surface area contributed by atoms with Gasteiger partial charge in [-0.15, -0.1) is 0 Å². The lowest BCUT2D eigenvalue weighted by molar-refractivity contribution is -0.137. The molecule has 3 aromatic carbocycles. The first-order chi connectivity index (χ1) is 21.9. The van der Waals surface area contributed by atoms with Crippen LogP contribution in [0.15, 0.2) is 66.7 Å². The van der Waals surface area contributed by atoms with Crippen LogP contribution in [0.1, 0.15) is 74.5 Å². The molecule has 3 aromatic rings. The van der Waals surface area contributed by atoms with Crippen LogP contribution in [-0.4, -0.2) is 66.6 Å². The van der Waals surface area contributed by atoms with Crippen molar-refractivity contribution in [1.29, 1.82) is 0 Å². The molecular formula is C34H41F3N4O5. The molecule has 0 aromatic heterocycles. The van der Waals surface area contributed by atoms with E-state index >= 15 is 0 Å². The fraction of sp³-hybridized carbons (Fsp3) is 0.382. The number of benzene rings is 3. The number of alkyl halides is 3. The summed E-state index contributed by atoms with van der Waals surface area (Å²) in [6, 6.07) is 14.8. The van der Waals surface area contributed by atoms with Crippen LogP contribution in [0.2, 0.25) is 0 Å². The summed E-state index contributed by atoms with van der Waals surface area (Å²) in [5, 5.41) is 17.0. The fourth-order valence-electron chi connectivity index (χ4n) is 5.01. The Labute approximate surface area is 266 Å². The van der Waals surface area contributed by atoms with Crippen LogP contribution < -0.4 is 21.1 Å². The molecule has 0 aliphatic heterocycles. The van der Waals surface area contributed by atoms with Crippen LogP contribution >= 0.6 is 0 Å². The van der Waals surface area contributed by atoms with Gasteiger partial charge in [0.1, 0.15) is 5.75 Å². The maximum Gasteiger partial charge on any atom is 0.416 e. The number of carbonyl (C=O) groups excluding carboxylic acids is 3. The second-order valence-corrected chi connectivity index (χ2v) is 11.0. The van der Waals surface area contributed by atoms with E-state index in [0.717, 1.165) is 17.7 Å². The molecule has 0 bridgehead atoms. The molecule has 0 unspecified atom stereocenters. The summed E-state index contributed by atoms with van der Waals surface area (Å²) >= 11 is 0. The standard InChI is InChI=1S/C34H41F3N4O5/c1-4-12-41(13-5-2)33(45)26-18-24(31(38)43)17-25(19-26)32(44)40-29(16-22-8-6-10-27(14-22)34(35,36)37)30(42)21-39-20-23-9-7-11-28(15-23)46-3/h6-11,14-15,17-19,29-30,39,42H,4-5,12-13,16,20-21H2,1-3H3,(H2,38,43)(H,40,44)/t29-,30+/m0/s1. The van der Waals surface area contributed by atoms with Crippen LogP contribution in [-0.2, 0) is 19.1 Å². The summed E-state index contributed by atoms with van der Waals surface area (Å²) in [6.07, 6.45) is -4.55. The molecule has 0 aliphatic carbocycles. The van der Waals surface area contributed by atoms with E-state index < -0.39 is 35.7 Å². The average Bonchev–Trinajstić information content (AvgIpc) is 3.03. The summed E-state index contributed by atoms with van der Waals surface area (Å²) in [7, 11) is 1.54. The number of hydrogen-bond donors (Lipinski definition) is 4. The molecule has 3 amide bonds. The van der Waals surface area contributed by atoms with Gasteiger partial charge in [0.05, 0.1) is 24.8 Å². The van der Waals surface area contributed by atoms with E-state index in [1.165, 1.54) is 30.3 Å². The summed E-state index contributed by atoms with van der Waals surface area (Å²) in [5.41, 5.74) is 5.75. The number of nitrogens with two attached hydrogens (primary N) is 1. The molecule has 5 N–H and O–H groups in total. The van der Waals surface area contributed by atoms with Gasteiger partial charge in [-0.25, -0.2) is 0 Å². The normalized spacial score (nSPS) is 12.7. The van der Waals surface area contributed by atoms with Gasteiger partial charge in [-0.2, -0.15) is 13.2 Å². The molecule has 2 atom stereocenters. The minimum Gasteiger partial charge on any atom is -0.497 e. The molecule has 0 heterocycles. The van der Waals surface area contributed by atoms with Gasteiger partial charge >= 0.3 is 6.18 Å². The molecule has 0 fully saturated rings. The first-order valence-electron chi connectivity index (χ1n) is 15.1. The average molecular weight is 643 g/mol. The van der Waals surface area contributed by atoms with Gasteiger partial charge in [0.25, 0.3) is 11.8 Å². The van der Waals surface area contributed by atoms with Gasteiger partial charge in [0, 0.05) is 42.9 Å². The topological polar surface area (TPSA) is 134 Å². The van der Waals surface area contributed by atoms with Gasteiger partial charge < -0.3 is 31.1 Å². The van der Waals surface area contributed by atoms with E-state index in [0.29, 0.717) is 38.2 Å². The number of hydrogen-bond acceptors (Lipinski definition) is 6. The molecule has 46 heavy (non-hydrogen) atoms. The van der Waals surface area contributed by atoms with E-state index in [2.05, 4.69) is 10.6 Å². The molecule has 0 aliphatic rings. The number of primary amides is 1. The third kappa shape index (κ3) is 10.3. The van der Waals surface area contributed by atoms with Gasteiger partial charge in [-0.3, -0.25) is 14.4 Å². The van der Waals surface area contributed by atoms with Crippen molar-refractivity contribution in [3.8, 4) is 5.75 Å². The molecule has 9 nitrogen and oxygen atoms in total. The maximum atomic E-state index is 13.6. The maximum absolute atomic E-state index is 13.6. The third-order valence-electron chi connectivity index (χ3n) is 7.31. The van der Waals surface area contributed by atoms with E-state index in [4.69, 9.17) is 10.5 Å². The third-order valence-corrected chi connectivity index (χ3v) is 7.31. The largest absolute Gasteiger partial charge is 0.497 e. The molecule has 12 heteroatoms. The van der Waals surface area contributed by atoms with Gasteiger partial charge in [0.2, 0.25) is 5.91 Å². The highest BCUT2D eigenvalue weighted by Crippen LogP contribution is 2.30.